The van der Waals surface area contributed by atoms with Crippen molar-refractivity contribution in [2.75, 3.05) is 18.4 Å². The molecule has 3 rings (SSSR count). The quantitative estimate of drug-likeness (QED) is 0.834. The molecule has 132 valence electrons. The van der Waals surface area contributed by atoms with E-state index in [1.807, 2.05) is 0 Å². The fourth-order valence-electron chi connectivity index (χ4n) is 2.90. The molecule has 6 nitrogen and oxygen atoms in total. The highest BCUT2D eigenvalue weighted by Gasteiger charge is 2.32. The standard InChI is InChI=1S/C18H20FN3O3/c1-10-4-5-15(14(19)6-10)20-17-13(7-16(11(2)23)21(17)3)18(25)22-8-12(24)9-22/h4-7,12,20,24H,8-9H2,1-3H3. The van der Waals surface area contributed by atoms with E-state index in [-0.39, 0.29) is 36.0 Å². The molecule has 1 fully saturated rings. The Kier molecular flexibility index (Phi) is 4.34. The van der Waals surface area contributed by atoms with Gasteiger partial charge in [-0.2, -0.15) is 0 Å². The van der Waals surface area contributed by atoms with Gasteiger partial charge in [0.15, 0.2) is 5.78 Å². The number of hydrogen-bond acceptors (Lipinski definition) is 4. The van der Waals surface area contributed by atoms with Gasteiger partial charge in [-0.15, -0.1) is 0 Å². The van der Waals surface area contributed by atoms with Crippen LogP contribution >= 0.6 is 0 Å². The van der Waals surface area contributed by atoms with Crippen LogP contribution in [-0.4, -0.2) is 45.5 Å². The first kappa shape index (κ1) is 17.2. The lowest BCUT2D eigenvalue weighted by Crippen LogP contribution is -2.53. The minimum Gasteiger partial charge on any atom is -0.389 e. The molecule has 0 aliphatic carbocycles. The number of likely N-dealkylation sites (tertiary alicyclic amines) is 1. The number of halogens is 1. The molecule has 1 aromatic carbocycles. The highest BCUT2D eigenvalue weighted by Crippen LogP contribution is 2.29. The Morgan fingerprint density at radius 3 is 2.52 bits per heavy atom. The largest absolute Gasteiger partial charge is 0.389 e. The van der Waals surface area contributed by atoms with Gasteiger partial charge in [0.2, 0.25) is 0 Å². The molecular weight excluding hydrogens is 325 g/mol. The first-order chi connectivity index (χ1) is 11.8. The van der Waals surface area contributed by atoms with Crippen molar-refractivity contribution in [3.63, 3.8) is 0 Å². The summed E-state index contributed by atoms with van der Waals surface area (Å²) < 4.78 is 15.7. The van der Waals surface area contributed by atoms with Gasteiger partial charge in [-0.3, -0.25) is 9.59 Å². The van der Waals surface area contributed by atoms with Crippen LogP contribution < -0.4 is 5.32 Å². The molecule has 25 heavy (non-hydrogen) atoms. The van der Waals surface area contributed by atoms with Crippen LogP contribution in [0, 0.1) is 12.7 Å². The normalized spacial score (nSPS) is 14.4. The van der Waals surface area contributed by atoms with Crippen molar-refractivity contribution in [2.45, 2.75) is 20.0 Å². The van der Waals surface area contributed by atoms with E-state index in [1.54, 1.807) is 30.7 Å². The Morgan fingerprint density at radius 2 is 1.96 bits per heavy atom. The van der Waals surface area contributed by atoms with Crippen LogP contribution in [0.5, 0.6) is 0 Å². The number of nitrogens with one attached hydrogen (secondary N) is 1. The number of ketones is 1. The zero-order valence-corrected chi connectivity index (χ0v) is 14.3. The van der Waals surface area contributed by atoms with Gasteiger partial charge in [-0.25, -0.2) is 4.39 Å². The number of benzene rings is 1. The number of hydrogen-bond donors (Lipinski definition) is 2. The number of anilines is 2. The topological polar surface area (TPSA) is 74.6 Å². The maximum Gasteiger partial charge on any atom is 0.257 e. The van der Waals surface area contributed by atoms with Gasteiger partial charge < -0.3 is 19.9 Å². The Hall–Kier alpha value is -2.67. The van der Waals surface area contributed by atoms with Crippen molar-refractivity contribution in [1.29, 1.82) is 0 Å². The molecule has 1 amide bonds. The van der Waals surface area contributed by atoms with Crippen LogP contribution in [-0.2, 0) is 7.05 Å². The molecule has 1 aromatic heterocycles. The smallest absolute Gasteiger partial charge is 0.257 e. The van der Waals surface area contributed by atoms with E-state index in [2.05, 4.69) is 5.32 Å². The molecule has 0 radical (unpaired) electrons. The van der Waals surface area contributed by atoms with E-state index in [9.17, 15) is 19.1 Å². The molecule has 2 heterocycles. The zero-order chi connectivity index (χ0) is 18.3. The number of rotatable bonds is 4. The van der Waals surface area contributed by atoms with Gasteiger partial charge in [0.1, 0.15) is 11.6 Å². The van der Waals surface area contributed by atoms with Crippen LogP contribution in [0.3, 0.4) is 0 Å². The van der Waals surface area contributed by atoms with Crippen molar-refractivity contribution in [1.82, 2.24) is 9.47 Å². The van der Waals surface area contributed by atoms with E-state index < -0.39 is 11.9 Å². The average Bonchev–Trinajstić information content (AvgIpc) is 2.83. The number of carbonyl (C=O) groups excluding carboxylic acids is 2. The van der Waals surface area contributed by atoms with Crippen LogP contribution in [0.2, 0.25) is 0 Å². The number of Topliss-reactive ketones (excluding diaryl/α,β-unsaturated/α-hetero) is 1. The van der Waals surface area contributed by atoms with E-state index in [0.29, 0.717) is 11.5 Å². The molecule has 2 N–H and O–H groups in total. The van der Waals surface area contributed by atoms with Crippen molar-refractivity contribution < 1.29 is 19.1 Å². The SMILES string of the molecule is CC(=O)c1cc(C(=O)N2CC(O)C2)c(Nc2ccc(C)cc2F)n1C. The summed E-state index contributed by atoms with van der Waals surface area (Å²) in [5.41, 5.74) is 1.63. The summed E-state index contributed by atoms with van der Waals surface area (Å²) in [7, 11) is 1.65. The summed E-state index contributed by atoms with van der Waals surface area (Å²) in [5.74, 6) is -0.594. The number of amides is 1. The maximum atomic E-state index is 14.2. The number of β-amino-alcohol motifs (C(OH)–C–C–N with tert-alkyl or cyclic N) is 1. The number of carbonyl (C=O) groups is 2. The summed E-state index contributed by atoms with van der Waals surface area (Å²) in [6.07, 6.45) is -0.522. The molecule has 0 unspecified atom stereocenters. The van der Waals surface area contributed by atoms with Gasteiger partial charge in [0.05, 0.1) is 23.0 Å². The van der Waals surface area contributed by atoms with Gasteiger partial charge in [-0.1, -0.05) is 6.07 Å². The zero-order valence-electron chi connectivity index (χ0n) is 14.3. The number of aliphatic hydroxyl groups is 1. The van der Waals surface area contributed by atoms with E-state index in [0.717, 1.165) is 5.56 Å². The molecule has 1 aliphatic heterocycles. The summed E-state index contributed by atoms with van der Waals surface area (Å²) in [4.78, 5) is 26.0. The van der Waals surface area contributed by atoms with Crippen molar-refractivity contribution in [3.8, 4) is 0 Å². The molecule has 0 atom stereocenters. The predicted molar refractivity (Wildman–Crippen MR) is 91.7 cm³/mol. The highest BCUT2D eigenvalue weighted by atomic mass is 19.1. The fourth-order valence-corrected chi connectivity index (χ4v) is 2.90. The Labute approximate surface area is 144 Å². The molecule has 7 heteroatoms. The van der Waals surface area contributed by atoms with Crippen LogP contribution in [0.1, 0.15) is 33.3 Å². The lowest BCUT2D eigenvalue weighted by Gasteiger charge is -2.35. The second-order valence-electron chi connectivity index (χ2n) is 6.38. The summed E-state index contributed by atoms with van der Waals surface area (Å²) in [6.45, 7) is 3.70. The third-order valence-electron chi connectivity index (χ3n) is 4.35. The molecule has 2 aromatic rings. The lowest BCUT2D eigenvalue weighted by atomic mass is 10.1. The Morgan fingerprint density at radius 1 is 1.28 bits per heavy atom. The number of nitrogens with zero attached hydrogens (tertiary/aromatic N) is 2. The molecular formula is C18H20FN3O3. The molecule has 0 spiro atoms. The first-order valence-electron chi connectivity index (χ1n) is 7.99. The van der Waals surface area contributed by atoms with Gasteiger partial charge in [0, 0.05) is 27.1 Å². The third-order valence-corrected chi connectivity index (χ3v) is 4.35. The number of aromatic nitrogens is 1. The van der Waals surface area contributed by atoms with Crippen LogP contribution in [0.15, 0.2) is 24.3 Å². The van der Waals surface area contributed by atoms with E-state index in [4.69, 9.17) is 0 Å². The van der Waals surface area contributed by atoms with Crippen molar-refractivity contribution in [3.05, 3.63) is 46.9 Å². The van der Waals surface area contributed by atoms with Crippen LogP contribution in [0.4, 0.5) is 15.9 Å². The third kappa shape index (κ3) is 3.15. The van der Waals surface area contributed by atoms with E-state index in [1.165, 1.54) is 24.0 Å². The fraction of sp³-hybridized carbons (Fsp3) is 0.333. The highest BCUT2D eigenvalue weighted by molar-refractivity contribution is 6.04. The average molecular weight is 345 g/mol. The molecule has 0 bridgehead atoms. The minimum atomic E-state index is -0.522. The monoisotopic (exact) mass is 345 g/mol. The predicted octanol–water partition coefficient (Wildman–Crippen LogP) is 2.24. The summed E-state index contributed by atoms with van der Waals surface area (Å²) in [5, 5.41) is 12.3. The van der Waals surface area contributed by atoms with Crippen molar-refractivity contribution in [2.24, 2.45) is 7.05 Å². The Balaban J connectivity index is 2.01. The number of aliphatic hydroxyl groups excluding tert-OH is 1. The Bertz CT molecular complexity index is 853. The van der Waals surface area contributed by atoms with Gasteiger partial charge in [0.25, 0.3) is 5.91 Å². The second kappa shape index (κ2) is 6.33. The van der Waals surface area contributed by atoms with Gasteiger partial charge >= 0.3 is 0 Å². The maximum absolute atomic E-state index is 14.2. The molecule has 1 saturated heterocycles. The second-order valence-corrected chi connectivity index (χ2v) is 6.38. The minimum absolute atomic E-state index is 0.197. The van der Waals surface area contributed by atoms with Gasteiger partial charge in [-0.05, 0) is 30.7 Å². The lowest BCUT2D eigenvalue weighted by molar-refractivity contribution is 0.00596. The summed E-state index contributed by atoms with van der Waals surface area (Å²) in [6, 6.07) is 6.24. The molecule has 0 saturated carbocycles. The number of aryl methyl sites for hydroxylation is 1. The molecule has 1 aliphatic rings. The van der Waals surface area contributed by atoms with E-state index >= 15 is 0 Å². The summed E-state index contributed by atoms with van der Waals surface area (Å²) >= 11 is 0. The van der Waals surface area contributed by atoms with Crippen molar-refractivity contribution >= 4 is 23.2 Å². The van der Waals surface area contributed by atoms with Crippen LogP contribution in [0.25, 0.3) is 0 Å². The first-order valence-corrected chi connectivity index (χ1v) is 7.99.